The molecular formula is C11H18N2O4. The summed E-state index contributed by atoms with van der Waals surface area (Å²) in [5.41, 5.74) is 0. The number of carbonyl (C=O) groups excluding carboxylic acids is 3. The highest BCUT2D eigenvalue weighted by atomic mass is 16.6. The van der Waals surface area contributed by atoms with Gasteiger partial charge >= 0.3 is 18.0 Å². The topological polar surface area (TPSA) is 66.9 Å². The van der Waals surface area contributed by atoms with Crippen molar-refractivity contribution in [1.29, 1.82) is 0 Å². The third-order valence-corrected chi connectivity index (χ3v) is 2.79. The van der Waals surface area contributed by atoms with E-state index in [1.54, 1.807) is 20.9 Å². The molecule has 1 unspecified atom stereocenters. The Hall–Kier alpha value is -1.59. The molecule has 1 rings (SSSR count). The third-order valence-electron chi connectivity index (χ3n) is 2.79. The fourth-order valence-corrected chi connectivity index (χ4v) is 1.72. The molecule has 0 aromatic carbocycles. The van der Waals surface area contributed by atoms with Gasteiger partial charge in [0.15, 0.2) is 0 Å². The van der Waals surface area contributed by atoms with Gasteiger partial charge in [-0.3, -0.25) is 4.79 Å². The summed E-state index contributed by atoms with van der Waals surface area (Å²) in [5.74, 6) is -1.20. The second-order valence-corrected chi connectivity index (χ2v) is 3.97. The van der Waals surface area contributed by atoms with Crippen LogP contribution in [0.15, 0.2) is 0 Å². The summed E-state index contributed by atoms with van der Waals surface area (Å²) in [6.45, 7) is 4.48. The van der Waals surface area contributed by atoms with Gasteiger partial charge in [-0.2, -0.15) is 0 Å². The summed E-state index contributed by atoms with van der Waals surface area (Å²) in [5, 5.41) is 0. The van der Waals surface area contributed by atoms with E-state index in [1.807, 2.05) is 0 Å². The first-order valence-electron chi connectivity index (χ1n) is 5.77. The molecule has 1 aliphatic rings. The molecule has 0 N–H and O–H groups in total. The Morgan fingerprint density at radius 2 is 2.00 bits per heavy atom. The molecule has 1 aliphatic heterocycles. The number of carbonyl (C=O) groups is 3. The van der Waals surface area contributed by atoms with E-state index in [9.17, 15) is 14.4 Å². The van der Waals surface area contributed by atoms with E-state index in [0.717, 1.165) is 0 Å². The Kier molecular flexibility index (Phi) is 4.48. The lowest BCUT2D eigenvalue weighted by Crippen LogP contribution is -2.44. The molecule has 1 heterocycles. The summed E-state index contributed by atoms with van der Waals surface area (Å²) in [4.78, 5) is 37.5. The largest absolute Gasteiger partial charge is 0.392 e. The number of urea groups is 1. The van der Waals surface area contributed by atoms with Crippen molar-refractivity contribution in [3.05, 3.63) is 0 Å². The van der Waals surface area contributed by atoms with Gasteiger partial charge in [0, 0.05) is 26.6 Å². The number of rotatable bonds is 4. The van der Waals surface area contributed by atoms with Crippen LogP contribution in [0.2, 0.25) is 0 Å². The van der Waals surface area contributed by atoms with Gasteiger partial charge in [-0.05, 0) is 6.42 Å². The summed E-state index contributed by atoms with van der Waals surface area (Å²) < 4.78 is 4.66. The zero-order valence-corrected chi connectivity index (χ0v) is 10.4. The molecule has 17 heavy (non-hydrogen) atoms. The maximum atomic E-state index is 11.7. The van der Waals surface area contributed by atoms with E-state index < -0.39 is 18.0 Å². The number of esters is 2. The lowest BCUT2D eigenvalue weighted by molar-refractivity contribution is -0.162. The Bertz CT molecular complexity index is 329. The Morgan fingerprint density at radius 3 is 2.41 bits per heavy atom. The van der Waals surface area contributed by atoms with Crippen LogP contribution >= 0.6 is 0 Å². The highest BCUT2D eigenvalue weighted by Gasteiger charge is 2.36. The highest BCUT2D eigenvalue weighted by Crippen LogP contribution is 2.14. The molecule has 0 aromatic heterocycles. The molecule has 0 spiro atoms. The number of hydrogen-bond acceptors (Lipinski definition) is 4. The van der Waals surface area contributed by atoms with E-state index in [0.29, 0.717) is 19.5 Å². The minimum absolute atomic E-state index is 0.149. The highest BCUT2D eigenvalue weighted by molar-refractivity contribution is 5.91. The quantitative estimate of drug-likeness (QED) is 0.535. The predicted molar refractivity (Wildman–Crippen MR) is 60.2 cm³/mol. The van der Waals surface area contributed by atoms with Crippen LogP contribution in [0.4, 0.5) is 4.79 Å². The molecule has 1 saturated heterocycles. The third kappa shape index (κ3) is 2.95. The molecule has 0 aromatic rings. The molecule has 96 valence electrons. The van der Waals surface area contributed by atoms with Crippen LogP contribution in [0.3, 0.4) is 0 Å². The zero-order chi connectivity index (χ0) is 13.0. The molecule has 6 nitrogen and oxygen atoms in total. The van der Waals surface area contributed by atoms with Gasteiger partial charge in [-0.1, -0.05) is 13.8 Å². The lowest BCUT2D eigenvalue weighted by atomic mass is 10.2. The van der Waals surface area contributed by atoms with Gasteiger partial charge < -0.3 is 14.5 Å². The zero-order valence-electron chi connectivity index (χ0n) is 10.4. The van der Waals surface area contributed by atoms with Gasteiger partial charge in [0.1, 0.15) is 6.04 Å². The molecule has 6 heteroatoms. The summed E-state index contributed by atoms with van der Waals surface area (Å²) in [6.07, 6.45) is 0.589. The van der Waals surface area contributed by atoms with E-state index in [2.05, 4.69) is 4.74 Å². The second kappa shape index (κ2) is 5.65. The predicted octanol–water partition coefficient (Wildman–Crippen LogP) is 0.612. The van der Waals surface area contributed by atoms with Crippen molar-refractivity contribution in [2.75, 3.05) is 20.1 Å². The van der Waals surface area contributed by atoms with Gasteiger partial charge in [-0.15, -0.1) is 0 Å². The molecule has 0 saturated carbocycles. The number of amides is 2. The summed E-state index contributed by atoms with van der Waals surface area (Å²) in [6, 6.07) is -0.860. The average molecular weight is 242 g/mol. The van der Waals surface area contributed by atoms with Crippen LogP contribution in [-0.4, -0.2) is 53.9 Å². The van der Waals surface area contributed by atoms with Crippen LogP contribution in [-0.2, 0) is 14.3 Å². The van der Waals surface area contributed by atoms with Crippen LogP contribution in [0, 0.1) is 0 Å². The Balaban J connectivity index is 2.68. The van der Waals surface area contributed by atoms with Crippen molar-refractivity contribution in [3.8, 4) is 0 Å². The van der Waals surface area contributed by atoms with Crippen LogP contribution in [0.25, 0.3) is 0 Å². The normalized spacial score (nSPS) is 17.2. The fraction of sp³-hybridized carbons (Fsp3) is 0.727. The van der Waals surface area contributed by atoms with E-state index in [1.165, 1.54) is 9.80 Å². The Morgan fingerprint density at radius 1 is 1.35 bits per heavy atom. The number of hydrogen-bond donors (Lipinski definition) is 0. The van der Waals surface area contributed by atoms with Crippen molar-refractivity contribution in [2.45, 2.75) is 32.7 Å². The smallest absolute Gasteiger partial charge is 0.336 e. The molecule has 2 amide bonds. The van der Waals surface area contributed by atoms with Crippen molar-refractivity contribution >= 4 is 18.0 Å². The molecule has 1 fully saturated rings. The van der Waals surface area contributed by atoms with E-state index in [4.69, 9.17) is 0 Å². The van der Waals surface area contributed by atoms with E-state index in [-0.39, 0.29) is 12.5 Å². The first kappa shape index (κ1) is 13.5. The van der Waals surface area contributed by atoms with Gasteiger partial charge in [0.2, 0.25) is 0 Å². The van der Waals surface area contributed by atoms with Gasteiger partial charge in [-0.25, -0.2) is 9.59 Å². The molecule has 0 bridgehead atoms. The maximum Gasteiger partial charge on any atom is 0.336 e. The minimum Gasteiger partial charge on any atom is -0.392 e. The standard InChI is InChI=1S/C11H18N2O4/c1-4-8(10(15)17-9(14)5-2)13-7-6-12(3)11(13)16/h8H,4-7H2,1-3H3. The summed E-state index contributed by atoms with van der Waals surface area (Å²) in [7, 11) is 1.68. The lowest BCUT2D eigenvalue weighted by Gasteiger charge is -2.24. The number of nitrogens with zero attached hydrogens (tertiary/aromatic N) is 2. The van der Waals surface area contributed by atoms with Crippen LogP contribution in [0.1, 0.15) is 26.7 Å². The molecule has 0 aliphatic carbocycles. The monoisotopic (exact) mass is 242 g/mol. The SMILES string of the molecule is CCC(=O)OC(=O)C(CC)N1CCN(C)C1=O. The van der Waals surface area contributed by atoms with Crippen molar-refractivity contribution < 1.29 is 19.1 Å². The number of ether oxygens (including phenoxy) is 1. The van der Waals surface area contributed by atoms with Gasteiger partial charge in [0.05, 0.1) is 0 Å². The van der Waals surface area contributed by atoms with Crippen LogP contribution < -0.4 is 0 Å². The van der Waals surface area contributed by atoms with Crippen molar-refractivity contribution in [2.24, 2.45) is 0 Å². The van der Waals surface area contributed by atoms with Crippen molar-refractivity contribution in [1.82, 2.24) is 9.80 Å². The second-order valence-electron chi connectivity index (χ2n) is 3.97. The fourth-order valence-electron chi connectivity index (χ4n) is 1.72. The molecular weight excluding hydrogens is 224 g/mol. The molecule has 1 atom stereocenters. The van der Waals surface area contributed by atoms with Crippen molar-refractivity contribution in [3.63, 3.8) is 0 Å². The minimum atomic E-state index is -0.664. The van der Waals surface area contributed by atoms with E-state index >= 15 is 0 Å². The van der Waals surface area contributed by atoms with Crippen LogP contribution in [0.5, 0.6) is 0 Å². The number of likely N-dealkylation sites (N-methyl/N-ethyl adjacent to an activating group) is 1. The Labute approximate surface area is 101 Å². The first-order valence-corrected chi connectivity index (χ1v) is 5.77. The van der Waals surface area contributed by atoms with Gasteiger partial charge in [0.25, 0.3) is 0 Å². The summed E-state index contributed by atoms with van der Waals surface area (Å²) >= 11 is 0. The average Bonchev–Trinajstić information content (AvgIpc) is 2.62. The molecule has 0 radical (unpaired) electrons. The first-order chi connectivity index (χ1) is 8.01. The maximum absolute atomic E-state index is 11.7.